The number of rotatable bonds is 8. The van der Waals surface area contributed by atoms with Crippen molar-refractivity contribution < 1.29 is 4.79 Å². The molecule has 0 aromatic carbocycles. The second-order valence-corrected chi connectivity index (χ2v) is 8.41. The molecule has 6 nitrogen and oxygen atoms in total. The van der Waals surface area contributed by atoms with Gasteiger partial charge in [-0.05, 0) is 25.3 Å². The van der Waals surface area contributed by atoms with Gasteiger partial charge in [-0.1, -0.05) is 43.9 Å². The van der Waals surface area contributed by atoms with Gasteiger partial charge in [0.2, 0.25) is 11.0 Å². The molecule has 0 spiro atoms. The number of amides is 1. The van der Waals surface area contributed by atoms with Gasteiger partial charge in [0.15, 0.2) is 4.34 Å². The van der Waals surface area contributed by atoms with E-state index in [-0.39, 0.29) is 5.91 Å². The Bertz CT molecular complexity index is 486. The van der Waals surface area contributed by atoms with E-state index in [9.17, 15) is 4.79 Å². The van der Waals surface area contributed by atoms with Gasteiger partial charge in [-0.2, -0.15) is 0 Å². The fourth-order valence-corrected chi connectivity index (χ4v) is 3.99. The zero-order chi connectivity index (χ0) is 16.7. The molecule has 1 aromatic rings. The highest BCUT2D eigenvalue weighted by atomic mass is 32.2. The molecule has 2 heterocycles. The third-order valence-corrected chi connectivity index (χ3v) is 5.81. The first kappa shape index (κ1) is 18.5. The number of nitrogens with zero attached hydrogens (tertiary/aromatic N) is 3. The summed E-state index contributed by atoms with van der Waals surface area (Å²) in [6, 6.07) is 0.323. The van der Waals surface area contributed by atoms with E-state index in [0.717, 1.165) is 48.5 Å². The summed E-state index contributed by atoms with van der Waals surface area (Å²) in [7, 11) is 0. The van der Waals surface area contributed by atoms with Crippen LogP contribution in [0.5, 0.6) is 0 Å². The van der Waals surface area contributed by atoms with E-state index < -0.39 is 0 Å². The van der Waals surface area contributed by atoms with Gasteiger partial charge in [-0.3, -0.25) is 4.79 Å². The monoisotopic (exact) mass is 357 g/mol. The van der Waals surface area contributed by atoms with E-state index in [1.807, 2.05) is 0 Å². The molecule has 2 rings (SSSR count). The van der Waals surface area contributed by atoms with Crippen molar-refractivity contribution in [2.24, 2.45) is 5.92 Å². The van der Waals surface area contributed by atoms with Crippen molar-refractivity contribution >= 4 is 34.1 Å². The van der Waals surface area contributed by atoms with Crippen molar-refractivity contribution in [3.05, 3.63) is 0 Å². The quantitative estimate of drug-likeness (QED) is 0.696. The van der Waals surface area contributed by atoms with Crippen LogP contribution in [0.25, 0.3) is 0 Å². The summed E-state index contributed by atoms with van der Waals surface area (Å²) in [6.07, 6.45) is 2.10. The van der Waals surface area contributed by atoms with Crippen molar-refractivity contribution in [2.75, 3.05) is 37.2 Å². The van der Waals surface area contributed by atoms with Crippen LogP contribution in [0.3, 0.4) is 0 Å². The number of aromatic nitrogens is 2. The molecule has 1 fully saturated rings. The number of anilines is 1. The Morgan fingerprint density at radius 2 is 2.13 bits per heavy atom. The number of thioether (sulfide) groups is 1. The molecule has 1 saturated heterocycles. The van der Waals surface area contributed by atoms with Gasteiger partial charge >= 0.3 is 0 Å². The summed E-state index contributed by atoms with van der Waals surface area (Å²) in [5, 5.41) is 15.4. The Labute approximate surface area is 146 Å². The number of likely N-dealkylation sites (tertiary alicyclic amines) is 1. The summed E-state index contributed by atoms with van der Waals surface area (Å²) in [5.41, 5.74) is 0. The molecule has 0 aliphatic carbocycles. The number of hydrogen-bond acceptors (Lipinski definition) is 7. The topological polar surface area (TPSA) is 70.2 Å². The number of carbonyl (C=O) groups is 1. The maximum Gasteiger partial charge on any atom is 0.230 e. The van der Waals surface area contributed by atoms with E-state index in [2.05, 4.69) is 46.5 Å². The second-order valence-electron chi connectivity index (χ2n) is 6.21. The van der Waals surface area contributed by atoms with Crippen LogP contribution < -0.4 is 10.6 Å². The van der Waals surface area contributed by atoms with Crippen molar-refractivity contribution in [2.45, 2.75) is 44.0 Å². The smallest absolute Gasteiger partial charge is 0.230 e. The standard InChI is InChI=1S/C15H27N5OS2/c1-4-20-7-5-12(6-8-20)17-13(21)10-22-15-19-18-14(23-15)16-9-11(2)3/h11-12H,4-10H2,1-3H3,(H,16,18)(H,17,21). The minimum absolute atomic E-state index is 0.0943. The van der Waals surface area contributed by atoms with Gasteiger partial charge in [-0.15, -0.1) is 10.2 Å². The van der Waals surface area contributed by atoms with Crippen LogP contribution in [0, 0.1) is 5.92 Å². The zero-order valence-electron chi connectivity index (χ0n) is 14.2. The Hall–Kier alpha value is -0.860. The molecule has 130 valence electrons. The third kappa shape index (κ3) is 6.64. The molecule has 1 aromatic heterocycles. The number of carbonyl (C=O) groups excluding carboxylic acids is 1. The Kier molecular flexibility index (Phi) is 7.58. The highest BCUT2D eigenvalue weighted by Gasteiger charge is 2.19. The molecule has 0 atom stereocenters. The minimum Gasteiger partial charge on any atom is -0.360 e. The first-order chi connectivity index (χ1) is 11.1. The summed E-state index contributed by atoms with van der Waals surface area (Å²) in [5.74, 6) is 1.07. The van der Waals surface area contributed by atoms with Crippen LogP contribution in [-0.2, 0) is 4.79 Å². The van der Waals surface area contributed by atoms with Gasteiger partial charge in [-0.25, -0.2) is 0 Å². The fraction of sp³-hybridized carbons (Fsp3) is 0.800. The zero-order valence-corrected chi connectivity index (χ0v) is 15.8. The van der Waals surface area contributed by atoms with Crippen LogP contribution in [0.2, 0.25) is 0 Å². The molecule has 2 N–H and O–H groups in total. The second kappa shape index (κ2) is 9.44. The Balaban J connectivity index is 1.66. The summed E-state index contributed by atoms with van der Waals surface area (Å²) in [6.45, 7) is 10.6. The Morgan fingerprint density at radius 3 is 2.78 bits per heavy atom. The van der Waals surface area contributed by atoms with Crippen molar-refractivity contribution in [1.29, 1.82) is 0 Å². The van der Waals surface area contributed by atoms with Gasteiger partial charge in [0.05, 0.1) is 5.75 Å². The van der Waals surface area contributed by atoms with Gasteiger partial charge in [0.1, 0.15) is 0 Å². The highest BCUT2D eigenvalue weighted by Crippen LogP contribution is 2.25. The Morgan fingerprint density at radius 1 is 1.39 bits per heavy atom. The summed E-state index contributed by atoms with van der Waals surface area (Å²) >= 11 is 2.97. The van der Waals surface area contributed by atoms with Crippen molar-refractivity contribution in [3.63, 3.8) is 0 Å². The van der Waals surface area contributed by atoms with Crippen molar-refractivity contribution in [1.82, 2.24) is 20.4 Å². The molecular weight excluding hydrogens is 330 g/mol. The van der Waals surface area contributed by atoms with Gasteiger partial charge < -0.3 is 15.5 Å². The molecule has 0 radical (unpaired) electrons. The lowest BCUT2D eigenvalue weighted by atomic mass is 10.1. The lowest BCUT2D eigenvalue weighted by molar-refractivity contribution is -0.119. The molecule has 0 saturated carbocycles. The molecule has 0 bridgehead atoms. The summed E-state index contributed by atoms with van der Waals surface area (Å²) in [4.78, 5) is 14.5. The van der Waals surface area contributed by atoms with Gasteiger partial charge in [0.25, 0.3) is 0 Å². The van der Waals surface area contributed by atoms with E-state index in [4.69, 9.17) is 0 Å². The minimum atomic E-state index is 0.0943. The van der Waals surface area contributed by atoms with Gasteiger partial charge in [0, 0.05) is 25.7 Å². The average Bonchev–Trinajstić information content (AvgIpc) is 3.00. The van der Waals surface area contributed by atoms with E-state index in [1.165, 1.54) is 23.1 Å². The molecule has 8 heteroatoms. The summed E-state index contributed by atoms with van der Waals surface area (Å²) < 4.78 is 0.840. The van der Waals surface area contributed by atoms with Crippen LogP contribution >= 0.6 is 23.1 Å². The maximum atomic E-state index is 12.1. The molecule has 1 amide bonds. The molecule has 0 unspecified atom stereocenters. The van der Waals surface area contributed by atoms with Crippen LogP contribution in [0.4, 0.5) is 5.13 Å². The number of nitrogens with one attached hydrogen (secondary N) is 2. The van der Waals surface area contributed by atoms with Crippen LogP contribution in [-0.4, -0.2) is 59.0 Å². The predicted octanol–water partition coefficient (Wildman–Crippen LogP) is 2.30. The fourth-order valence-electron chi connectivity index (χ4n) is 2.42. The molecule has 23 heavy (non-hydrogen) atoms. The normalized spacial score (nSPS) is 16.7. The van der Waals surface area contributed by atoms with E-state index >= 15 is 0 Å². The van der Waals surface area contributed by atoms with Crippen LogP contribution in [0.15, 0.2) is 4.34 Å². The SMILES string of the molecule is CCN1CCC(NC(=O)CSc2nnc(NCC(C)C)s2)CC1. The first-order valence-electron chi connectivity index (χ1n) is 8.28. The van der Waals surface area contributed by atoms with Crippen LogP contribution in [0.1, 0.15) is 33.6 Å². The largest absolute Gasteiger partial charge is 0.360 e. The molecule has 1 aliphatic rings. The predicted molar refractivity (Wildman–Crippen MR) is 97.2 cm³/mol. The first-order valence-corrected chi connectivity index (χ1v) is 10.1. The average molecular weight is 358 g/mol. The third-order valence-electron chi connectivity index (χ3n) is 3.79. The molecule has 1 aliphatic heterocycles. The number of piperidine rings is 1. The van der Waals surface area contributed by atoms with Crippen molar-refractivity contribution in [3.8, 4) is 0 Å². The van der Waals surface area contributed by atoms with E-state index in [0.29, 0.717) is 17.7 Å². The van der Waals surface area contributed by atoms with E-state index in [1.54, 1.807) is 0 Å². The maximum absolute atomic E-state index is 12.1. The lowest BCUT2D eigenvalue weighted by Gasteiger charge is -2.31. The highest BCUT2D eigenvalue weighted by molar-refractivity contribution is 8.01. The number of hydrogen-bond donors (Lipinski definition) is 2. The molecular formula is C15H27N5OS2. The lowest BCUT2D eigenvalue weighted by Crippen LogP contribution is -2.45.